The van der Waals surface area contributed by atoms with Gasteiger partial charge in [-0.1, -0.05) is 0 Å². The Labute approximate surface area is 126 Å². The Morgan fingerprint density at radius 3 is 3.00 bits per heavy atom. The summed E-state index contributed by atoms with van der Waals surface area (Å²) in [6, 6.07) is 2.43. The smallest absolute Gasteiger partial charge is 0.262 e. The van der Waals surface area contributed by atoms with Crippen LogP contribution in [0.1, 0.15) is 6.92 Å². The minimum Gasteiger partial charge on any atom is -0.485 e. The second-order valence-electron chi connectivity index (χ2n) is 5.49. The summed E-state index contributed by atoms with van der Waals surface area (Å²) in [6.45, 7) is 3.34. The van der Waals surface area contributed by atoms with Gasteiger partial charge in [0, 0.05) is 25.2 Å². The first-order valence-electron chi connectivity index (χ1n) is 7.13. The molecule has 4 rings (SSSR count). The van der Waals surface area contributed by atoms with E-state index in [0.29, 0.717) is 30.4 Å². The SMILES string of the molecule is C[C@@H]1C(=O)NN=C2COc3cc(F)c(OC4CNC4)cc3N21. The summed E-state index contributed by atoms with van der Waals surface area (Å²) >= 11 is 0. The summed E-state index contributed by atoms with van der Waals surface area (Å²) in [6.07, 6.45) is -0.0349. The molecule has 1 amide bonds. The quantitative estimate of drug-likeness (QED) is 0.817. The number of benzene rings is 1. The molecule has 7 nitrogen and oxygen atoms in total. The summed E-state index contributed by atoms with van der Waals surface area (Å²) in [7, 11) is 0. The largest absolute Gasteiger partial charge is 0.485 e. The van der Waals surface area contributed by atoms with Gasteiger partial charge in [0.25, 0.3) is 5.91 Å². The van der Waals surface area contributed by atoms with E-state index in [1.807, 2.05) is 0 Å². The van der Waals surface area contributed by atoms with E-state index in [9.17, 15) is 9.18 Å². The number of hydrogen-bond acceptors (Lipinski definition) is 6. The molecule has 0 aliphatic carbocycles. The Bertz CT molecular complexity index is 674. The van der Waals surface area contributed by atoms with E-state index in [1.54, 1.807) is 17.9 Å². The van der Waals surface area contributed by atoms with E-state index >= 15 is 0 Å². The molecule has 8 heteroatoms. The maximum atomic E-state index is 14.1. The molecule has 0 radical (unpaired) electrons. The summed E-state index contributed by atoms with van der Waals surface area (Å²) in [5, 5.41) is 7.06. The molecule has 3 aliphatic rings. The first-order chi connectivity index (χ1) is 10.6. The fraction of sp³-hybridized carbons (Fsp3) is 0.429. The van der Waals surface area contributed by atoms with Gasteiger partial charge in [-0.3, -0.25) is 4.79 Å². The molecular formula is C14H15FN4O3. The molecule has 0 unspecified atom stereocenters. The van der Waals surface area contributed by atoms with Crippen LogP contribution in [0.15, 0.2) is 17.2 Å². The highest BCUT2D eigenvalue weighted by molar-refractivity contribution is 6.09. The van der Waals surface area contributed by atoms with E-state index < -0.39 is 11.9 Å². The Balaban J connectivity index is 1.74. The highest BCUT2D eigenvalue weighted by atomic mass is 19.1. The number of carbonyl (C=O) groups is 1. The maximum Gasteiger partial charge on any atom is 0.262 e. The lowest BCUT2D eigenvalue weighted by Gasteiger charge is -2.38. The Morgan fingerprint density at radius 2 is 2.27 bits per heavy atom. The van der Waals surface area contributed by atoms with Gasteiger partial charge in [-0.05, 0) is 6.92 Å². The topological polar surface area (TPSA) is 75.2 Å². The molecule has 1 aromatic carbocycles. The number of hydrogen-bond donors (Lipinski definition) is 2. The van der Waals surface area contributed by atoms with Crippen molar-refractivity contribution in [2.45, 2.75) is 19.1 Å². The standard InChI is InChI=1S/C14H15FN4O3/c1-7-14(20)18-17-13-6-21-12-2-9(15)11(3-10(12)19(7)13)22-8-4-16-5-8/h2-3,7-8,16H,4-6H2,1H3,(H,18,20)/t7-/m1/s1. The van der Waals surface area contributed by atoms with Crippen molar-refractivity contribution in [3.05, 3.63) is 17.9 Å². The molecule has 1 atom stereocenters. The zero-order chi connectivity index (χ0) is 15.3. The molecule has 3 heterocycles. The van der Waals surface area contributed by atoms with Crippen LogP contribution in [0.3, 0.4) is 0 Å². The molecule has 1 fully saturated rings. The molecule has 0 bridgehead atoms. The Kier molecular flexibility index (Phi) is 2.93. The zero-order valence-electron chi connectivity index (χ0n) is 11.9. The Hall–Kier alpha value is -2.35. The lowest BCUT2D eigenvalue weighted by Crippen LogP contribution is -2.55. The van der Waals surface area contributed by atoms with Gasteiger partial charge >= 0.3 is 0 Å². The van der Waals surface area contributed by atoms with Gasteiger partial charge < -0.3 is 19.7 Å². The van der Waals surface area contributed by atoms with Crippen molar-refractivity contribution in [1.82, 2.24) is 10.7 Å². The van der Waals surface area contributed by atoms with E-state index in [0.717, 1.165) is 0 Å². The number of amides is 1. The number of ether oxygens (including phenoxy) is 2. The number of nitrogens with zero attached hydrogens (tertiary/aromatic N) is 2. The van der Waals surface area contributed by atoms with Crippen molar-refractivity contribution in [2.75, 3.05) is 24.6 Å². The first kappa shape index (κ1) is 13.3. The van der Waals surface area contributed by atoms with Crippen molar-refractivity contribution < 1.29 is 18.7 Å². The zero-order valence-corrected chi connectivity index (χ0v) is 11.9. The molecule has 1 saturated heterocycles. The van der Waals surface area contributed by atoms with Crippen LogP contribution in [0.4, 0.5) is 10.1 Å². The molecule has 116 valence electrons. The molecule has 2 N–H and O–H groups in total. The highest BCUT2D eigenvalue weighted by Gasteiger charge is 2.36. The van der Waals surface area contributed by atoms with Gasteiger partial charge in [0.05, 0.1) is 5.69 Å². The van der Waals surface area contributed by atoms with Crippen LogP contribution in [-0.2, 0) is 4.79 Å². The third-order valence-corrected chi connectivity index (χ3v) is 4.01. The van der Waals surface area contributed by atoms with Gasteiger partial charge in [0.2, 0.25) is 0 Å². The fourth-order valence-electron chi connectivity index (χ4n) is 2.64. The summed E-state index contributed by atoms with van der Waals surface area (Å²) in [4.78, 5) is 13.6. The van der Waals surface area contributed by atoms with Crippen LogP contribution in [0.2, 0.25) is 0 Å². The van der Waals surface area contributed by atoms with Crippen molar-refractivity contribution >= 4 is 17.4 Å². The van der Waals surface area contributed by atoms with Crippen LogP contribution in [0.25, 0.3) is 0 Å². The van der Waals surface area contributed by atoms with Gasteiger partial charge in [0.15, 0.2) is 17.4 Å². The van der Waals surface area contributed by atoms with Crippen molar-refractivity contribution in [3.63, 3.8) is 0 Å². The number of halogens is 1. The lowest BCUT2D eigenvalue weighted by atomic mass is 10.1. The summed E-state index contributed by atoms with van der Waals surface area (Å²) < 4.78 is 25.3. The third-order valence-electron chi connectivity index (χ3n) is 4.01. The lowest BCUT2D eigenvalue weighted by molar-refractivity contribution is -0.122. The van der Waals surface area contributed by atoms with E-state index in [2.05, 4.69) is 15.8 Å². The Morgan fingerprint density at radius 1 is 1.45 bits per heavy atom. The van der Waals surface area contributed by atoms with Crippen molar-refractivity contribution in [1.29, 1.82) is 0 Å². The van der Waals surface area contributed by atoms with Crippen molar-refractivity contribution in [3.8, 4) is 11.5 Å². The van der Waals surface area contributed by atoms with Gasteiger partial charge in [-0.2, -0.15) is 5.10 Å². The minimum atomic E-state index is -0.472. The molecule has 3 aliphatic heterocycles. The van der Waals surface area contributed by atoms with Crippen LogP contribution in [0, 0.1) is 5.82 Å². The van der Waals surface area contributed by atoms with Crippen LogP contribution in [-0.4, -0.2) is 43.6 Å². The molecule has 0 saturated carbocycles. The molecule has 0 aromatic heterocycles. The number of amidine groups is 1. The minimum absolute atomic E-state index is 0.0349. The average Bonchev–Trinajstić information content (AvgIpc) is 2.46. The predicted molar refractivity (Wildman–Crippen MR) is 76.7 cm³/mol. The first-order valence-corrected chi connectivity index (χ1v) is 7.13. The summed E-state index contributed by atoms with van der Waals surface area (Å²) in [5.74, 6) is 0.444. The third kappa shape index (κ3) is 1.98. The second kappa shape index (κ2) is 4.84. The molecule has 22 heavy (non-hydrogen) atoms. The van der Waals surface area contributed by atoms with Gasteiger partial charge in [-0.15, -0.1) is 0 Å². The number of carbonyl (C=O) groups excluding carboxylic acids is 1. The van der Waals surface area contributed by atoms with Crippen LogP contribution in [0.5, 0.6) is 11.5 Å². The number of rotatable bonds is 2. The number of hydrazone groups is 1. The molecule has 1 aromatic rings. The number of fused-ring (bicyclic) bond motifs is 3. The number of anilines is 1. The van der Waals surface area contributed by atoms with Gasteiger partial charge in [0.1, 0.15) is 24.5 Å². The van der Waals surface area contributed by atoms with Crippen molar-refractivity contribution in [2.24, 2.45) is 5.10 Å². The van der Waals surface area contributed by atoms with Crippen LogP contribution < -0.4 is 25.1 Å². The molecule has 0 spiro atoms. The van der Waals surface area contributed by atoms with Crippen LogP contribution >= 0.6 is 0 Å². The maximum absolute atomic E-state index is 14.1. The monoisotopic (exact) mass is 306 g/mol. The van der Waals surface area contributed by atoms with Gasteiger partial charge in [-0.25, -0.2) is 9.82 Å². The second-order valence-corrected chi connectivity index (χ2v) is 5.49. The van der Waals surface area contributed by atoms with E-state index in [1.165, 1.54) is 6.07 Å². The average molecular weight is 306 g/mol. The number of nitrogens with one attached hydrogen (secondary N) is 2. The van der Waals surface area contributed by atoms with E-state index in [-0.39, 0.29) is 24.4 Å². The normalized spacial score (nSPS) is 23.5. The predicted octanol–water partition coefficient (Wildman–Crippen LogP) is 0.207. The van der Waals surface area contributed by atoms with E-state index in [4.69, 9.17) is 9.47 Å². The fourth-order valence-corrected chi connectivity index (χ4v) is 2.64. The highest BCUT2D eigenvalue weighted by Crippen LogP contribution is 2.39. The molecular weight excluding hydrogens is 291 g/mol. The summed E-state index contributed by atoms with van der Waals surface area (Å²) in [5.41, 5.74) is 3.05.